The Balaban J connectivity index is 1.98. The smallest absolute Gasteiger partial charge is 0.244 e. The maximum atomic E-state index is 9.96. The SMILES string of the molecule is CCOc1c(OC)cccc1[C@@H]1C(C#N)=C(N)Oc2n[nH]c(-c3cccc(OC)c3)c21. The minimum Gasteiger partial charge on any atom is -0.497 e. The monoisotopic (exact) mass is 418 g/mol. The van der Waals surface area contributed by atoms with Gasteiger partial charge < -0.3 is 24.7 Å². The van der Waals surface area contributed by atoms with Crippen LogP contribution in [-0.4, -0.2) is 31.0 Å². The average molecular weight is 418 g/mol. The van der Waals surface area contributed by atoms with E-state index in [1.807, 2.05) is 49.4 Å². The number of para-hydroxylation sites is 1. The molecule has 0 bridgehead atoms. The molecule has 8 nitrogen and oxygen atoms in total. The molecule has 2 aromatic carbocycles. The highest BCUT2D eigenvalue weighted by molar-refractivity contribution is 5.73. The molecule has 0 saturated heterocycles. The van der Waals surface area contributed by atoms with Crippen LogP contribution in [0.5, 0.6) is 23.1 Å². The van der Waals surface area contributed by atoms with Gasteiger partial charge in [-0.2, -0.15) is 5.26 Å². The molecule has 2 heterocycles. The van der Waals surface area contributed by atoms with E-state index in [-0.39, 0.29) is 11.5 Å². The zero-order valence-electron chi connectivity index (χ0n) is 17.4. The average Bonchev–Trinajstić information content (AvgIpc) is 3.22. The molecule has 158 valence electrons. The van der Waals surface area contributed by atoms with Gasteiger partial charge in [0.05, 0.1) is 38.0 Å². The van der Waals surface area contributed by atoms with Crippen LogP contribution in [0.25, 0.3) is 11.3 Å². The molecule has 3 N–H and O–H groups in total. The van der Waals surface area contributed by atoms with E-state index < -0.39 is 5.92 Å². The largest absolute Gasteiger partial charge is 0.497 e. The normalized spacial score (nSPS) is 15.0. The van der Waals surface area contributed by atoms with Crippen molar-refractivity contribution in [2.75, 3.05) is 20.8 Å². The summed E-state index contributed by atoms with van der Waals surface area (Å²) in [6.07, 6.45) is 0. The van der Waals surface area contributed by atoms with Crippen molar-refractivity contribution < 1.29 is 18.9 Å². The van der Waals surface area contributed by atoms with E-state index in [9.17, 15) is 5.26 Å². The van der Waals surface area contributed by atoms with Crippen LogP contribution < -0.4 is 24.7 Å². The number of hydrogen-bond acceptors (Lipinski definition) is 7. The van der Waals surface area contributed by atoms with Gasteiger partial charge in [-0.05, 0) is 25.1 Å². The molecule has 0 spiro atoms. The fourth-order valence-electron chi connectivity index (χ4n) is 3.77. The molecule has 3 aromatic rings. The molecule has 1 atom stereocenters. The number of aromatic nitrogens is 2. The lowest BCUT2D eigenvalue weighted by Gasteiger charge is -2.26. The van der Waals surface area contributed by atoms with Crippen LogP contribution >= 0.6 is 0 Å². The topological polar surface area (TPSA) is 115 Å². The van der Waals surface area contributed by atoms with Gasteiger partial charge in [-0.15, -0.1) is 5.10 Å². The second kappa shape index (κ2) is 8.32. The van der Waals surface area contributed by atoms with Crippen molar-refractivity contribution >= 4 is 0 Å². The number of nitrogens with one attached hydrogen (secondary N) is 1. The predicted molar refractivity (Wildman–Crippen MR) is 114 cm³/mol. The summed E-state index contributed by atoms with van der Waals surface area (Å²) in [4.78, 5) is 0. The Morgan fingerprint density at radius 1 is 1.19 bits per heavy atom. The lowest BCUT2D eigenvalue weighted by Crippen LogP contribution is -2.21. The quantitative estimate of drug-likeness (QED) is 0.627. The van der Waals surface area contributed by atoms with Crippen molar-refractivity contribution in [1.82, 2.24) is 10.2 Å². The number of benzene rings is 2. The number of H-pyrrole nitrogens is 1. The maximum absolute atomic E-state index is 9.96. The van der Waals surface area contributed by atoms with Gasteiger partial charge in [0.15, 0.2) is 11.5 Å². The van der Waals surface area contributed by atoms with E-state index >= 15 is 0 Å². The minimum absolute atomic E-state index is 0.00830. The molecule has 0 saturated carbocycles. The number of nitriles is 1. The first-order valence-corrected chi connectivity index (χ1v) is 9.72. The Labute approximate surface area is 179 Å². The zero-order chi connectivity index (χ0) is 22.0. The van der Waals surface area contributed by atoms with Crippen LogP contribution in [0, 0.1) is 11.3 Å². The van der Waals surface area contributed by atoms with Gasteiger partial charge in [-0.25, -0.2) is 0 Å². The van der Waals surface area contributed by atoms with Crippen LogP contribution in [0.3, 0.4) is 0 Å². The van der Waals surface area contributed by atoms with Gasteiger partial charge in [-0.3, -0.25) is 5.10 Å². The summed E-state index contributed by atoms with van der Waals surface area (Å²) in [5.74, 6) is 1.56. The number of allylic oxidation sites excluding steroid dienone is 1. The first-order valence-electron chi connectivity index (χ1n) is 9.72. The van der Waals surface area contributed by atoms with E-state index in [1.165, 1.54) is 0 Å². The summed E-state index contributed by atoms with van der Waals surface area (Å²) in [6.45, 7) is 2.32. The van der Waals surface area contributed by atoms with Crippen molar-refractivity contribution in [3.05, 3.63) is 65.0 Å². The molecule has 1 aromatic heterocycles. The molecule has 0 amide bonds. The zero-order valence-corrected chi connectivity index (χ0v) is 17.4. The van der Waals surface area contributed by atoms with Crippen LogP contribution in [0.1, 0.15) is 24.0 Å². The van der Waals surface area contributed by atoms with E-state index in [1.54, 1.807) is 14.2 Å². The number of nitrogens with two attached hydrogens (primary N) is 1. The highest BCUT2D eigenvalue weighted by atomic mass is 16.5. The van der Waals surface area contributed by atoms with Crippen molar-refractivity contribution in [2.45, 2.75) is 12.8 Å². The molecule has 4 rings (SSSR count). The molecule has 0 radical (unpaired) electrons. The lowest BCUT2D eigenvalue weighted by molar-refractivity contribution is 0.306. The fourth-order valence-corrected chi connectivity index (χ4v) is 3.77. The number of aromatic amines is 1. The van der Waals surface area contributed by atoms with Gasteiger partial charge in [0.25, 0.3) is 0 Å². The number of rotatable bonds is 6. The Bertz CT molecular complexity index is 1190. The predicted octanol–water partition coefficient (Wildman–Crippen LogP) is 3.71. The summed E-state index contributed by atoms with van der Waals surface area (Å²) in [7, 11) is 3.18. The second-order valence-electron chi connectivity index (χ2n) is 6.79. The van der Waals surface area contributed by atoms with Crippen molar-refractivity contribution in [2.24, 2.45) is 5.73 Å². The Morgan fingerprint density at radius 2 is 2.00 bits per heavy atom. The number of methoxy groups -OCH3 is 2. The van der Waals surface area contributed by atoms with Crippen LogP contribution in [-0.2, 0) is 0 Å². The summed E-state index contributed by atoms with van der Waals surface area (Å²) in [5, 5.41) is 17.3. The summed E-state index contributed by atoms with van der Waals surface area (Å²) in [6, 6.07) is 15.3. The standard InChI is InChI=1S/C23H22N4O4/c1-4-30-21-15(9-6-10-17(21)29-3)18-16(12-24)22(25)31-23-19(18)20(26-27-23)13-7-5-8-14(11-13)28-2/h5-11,18H,4,25H2,1-3H3,(H,26,27)/t18-/m1/s1. The second-order valence-corrected chi connectivity index (χ2v) is 6.79. The number of ether oxygens (including phenoxy) is 4. The molecule has 1 aliphatic rings. The molecular weight excluding hydrogens is 396 g/mol. The maximum Gasteiger partial charge on any atom is 0.244 e. The molecule has 31 heavy (non-hydrogen) atoms. The van der Waals surface area contributed by atoms with Gasteiger partial charge in [0, 0.05) is 11.1 Å². The highest BCUT2D eigenvalue weighted by Gasteiger charge is 2.37. The van der Waals surface area contributed by atoms with E-state index in [0.717, 1.165) is 11.1 Å². The van der Waals surface area contributed by atoms with Crippen LogP contribution in [0.4, 0.5) is 0 Å². The van der Waals surface area contributed by atoms with Crippen molar-refractivity contribution in [1.29, 1.82) is 5.26 Å². The van der Waals surface area contributed by atoms with Crippen molar-refractivity contribution in [3.8, 4) is 40.5 Å². The highest BCUT2D eigenvalue weighted by Crippen LogP contribution is 2.49. The van der Waals surface area contributed by atoms with E-state index in [4.69, 9.17) is 24.7 Å². The van der Waals surface area contributed by atoms with Gasteiger partial charge in [-0.1, -0.05) is 24.3 Å². The molecule has 0 fully saturated rings. The van der Waals surface area contributed by atoms with E-state index in [2.05, 4.69) is 16.3 Å². The fraction of sp³-hybridized carbons (Fsp3) is 0.217. The number of hydrogen-bond donors (Lipinski definition) is 2. The molecule has 0 aliphatic carbocycles. The molecule has 0 unspecified atom stereocenters. The summed E-state index contributed by atoms with van der Waals surface area (Å²) < 4.78 is 22.5. The minimum atomic E-state index is -0.564. The Morgan fingerprint density at radius 3 is 2.71 bits per heavy atom. The lowest BCUT2D eigenvalue weighted by atomic mass is 9.82. The summed E-state index contributed by atoms with van der Waals surface area (Å²) >= 11 is 0. The van der Waals surface area contributed by atoms with Gasteiger partial charge in [0.2, 0.25) is 11.8 Å². The van der Waals surface area contributed by atoms with Crippen molar-refractivity contribution in [3.63, 3.8) is 0 Å². The summed E-state index contributed by atoms with van der Waals surface area (Å²) in [5.41, 5.74) is 9.33. The van der Waals surface area contributed by atoms with Crippen LogP contribution in [0.2, 0.25) is 0 Å². The number of nitrogens with zero attached hydrogens (tertiary/aromatic N) is 2. The molecule has 8 heteroatoms. The van der Waals surface area contributed by atoms with Gasteiger partial charge in [0.1, 0.15) is 17.4 Å². The third-order valence-electron chi connectivity index (χ3n) is 5.13. The molecular formula is C23H22N4O4. The van der Waals surface area contributed by atoms with E-state index in [0.29, 0.717) is 41.0 Å². The number of fused-ring (bicyclic) bond motifs is 1. The Hall–Kier alpha value is -4.12. The molecule has 1 aliphatic heterocycles. The van der Waals surface area contributed by atoms with Gasteiger partial charge >= 0.3 is 0 Å². The Kier molecular flexibility index (Phi) is 5.41. The third-order valence-corrected chi connectivity index (χ3v) is 5.13. The first-order chi connectivity index (χ1) is 15.1. The third kappa shape index (κ3) is 3.40. The first kappa shape index (κ1) is 20.2. The van der Waals surface area contributed by atoms with Crippen LogP contribution in [0.15, 0.2) is 53.9 Å².